The molecule has 0 aliphatic heterocycles. The molecule has 2 aliphatic carbocycles. The Morgan fingerprint density at radius 2 is 2.05 bits per heavy atom. The number of rotatable bonds is 4. The van der Waals surface area contributed by atoms with Gasteiger partial charge in [0.25, 0.3) is 0 Å². The largest absolute Gasteiger partial charge is 0.395 e. The smallest absolute Gasteiger partial charge is 0.141 e. The van der Waals surface area contributed by atoms with E-state index in [1.165, 1.54) is 54.4 Å². The van der Waals surface area contributed by atoms with Crippen molar-refractivity contribution in [2.24, 2.45) is 0 Å². The van der Waals surface area contributed by atoms with Gasteiger partial charge in [-0.3, -0.25) is 0 Å². The van der Waals surface area contributed by atoms with Gasteiger partial charge in [-0.05, 0) is 50.5 Å². The van der Waals surface area contributed by atoms with Crippen LogP contribution in [-0.4, -0.2) is 34.3 Å². The molecule has 1 saturated carbocycles. The first-order valence-corrected chi connectivity index (χ1v) is 8.83. The number of hydrogen-bond donors (Lipinski definition) is 1. The second kappa shape index (κ2) is 5.54. The van der Waals surface area contributed by atoms with E-state index in [9.17, 15) is 5.11 Å². The van der Waals surface area contributed by atoms with Crippen LogP contribution < -0.4 is 4.90 Å². The standard InChI is InChI=1S/C16H21N3OS/c20-9-8-19(11-4-3-5-11)15-14-12-6-1-2-7-13(12)21-16(14)18-10-17-15/h10-11,20H,1-9H2. The van der Waals surface area contributed by atoms with Crippen LogP contribution in [0.15, 0.2) is 6.33 Å². The fourth-order valence-corrected chi connectivity index (χ4v) is 4.78. The molecular weight excluding hydrogens is 282 g/mol. The molecule has 1 fully saturated rings. The number of aryl methyl sites for hydroxylation is 2. The van der Waals surface area contributed by atoms with Crippen LogP contribution in [0.1, 0.15) is 42.5 Å². The maximum Gasteiger partial charge on any atom is 0.141 e. The average molecular weight is 303 g/mol. The summed E-state index contributed by atoms with van der Waals surface area (Å²) < 4.78 is 0. The van der Waals surface area contributed by atoms with Crippen molar-refractivity contribution in [2.45, 2.75) is 51.0 Å². The summed E-state index contributed by atoms with van der Waals surface area (Å²) in [7, 11) is 0. The molecule has 0 atom stereocenters. The van der Waals surface area contributed by atoms with E-state index in [0.717, 1.165) is 17.1 Å². The van der Waals surface area contributed by atoms with Gasteiger partial charge in [-0.15, -0.1) is 11.3 Å². The summed E-state index contributed by atoms with van der Waals surface area (Å²) in [4.78, 5) is 14.1. The van der Waals surface area contributed by atoms with E-state index in [1.807, 2.05) is 11.3 Å². The van der Waals surface area contributed by atoms with E-state index < -0.39 is 0 Å². The maximum atomic E-state index is 9.45. The summed E-state index contributed by atoms with van der Waals surface area (Å²) in [5.74, 6) is 1.07. The summed E-state index contributed by atoms with van der Waals surface area (Å²) in [6.45, 7) is 0.871. The monoisotopic (exact) mass is 303 g/mol. The molecular formula is C16H21N3OS. The maximum absolute atomic E-state index is 9.45. The SMILES string of the molecule is OCCN(c1ncnc2sc3c(c12)CCCC3)C1CCC1. The number of anilines is 1. The van der Waals surface area contributed by atoms with Crippen LogP contribution in [0.25, 0.3) is 10.2 Å². The number of aliphatic hydroxyl groups is 1. The lowest BCUT2D eigenvalue weighted by molar-refractivity contribution is 0.283. The number of thiophene rings is 1. The summed E-state index contributed by atoms with van der Waals surface area (Å²) in [5.41, 5.74) is 1.49. The molecule has 4 nitrogen and oxygen atoms in total. The third-order valence-corrected chi connectivity index (χ3v) is 6.06. The number of aromatic nitrogens is 2. The quantitative estimate of drug-likeness (QED) is 0.943. The van der Waals surface area contributed by atoms with Gasteiger partial charge in [0, 0.05) is 17.5 Å². The summed E-state index contributed by atoms with van der Waals surface area (Å²) in [6.07, 6.45) is 10.4. The predicted octanol–water partition coefficient (Wildman–Crippen LogP) is 2.92. The van der Waals surface area contributed by atoms with Crippen molar-refractivity contribution in [1.29, 1.82) is 0 Å². The van der Waals surface area contributed by atoms with Gasteiger partial charge < -0.3 is 10.0 Å². The first kappa shape index (κ1) is 13.5. The molecule has 2 aliphatic rings. The number of aliphatic hydroxyl groups excluding tert-OH is 1. The third kappa shape index (κ3) is 2.23. The number of nitrogens with zero attached hydrogens (tertiary/aromatic N) is 3. The first-order chi connectivity index (χ1) is 10.4. The van der Waals surface area contributed by atoms with Crippen LogP contribution in [-0.2, 0) is 12.8 Å². The Labute approximate surface area is 128 Å². The van der Waals surface area contributed by atoms with Crippen molar-refractivity contribution in [3.05, 3.63) is 16.8 Å². The Morgan fingerprint density at radius 1 is 1.19 bits per heavy atom. The number of fused-ring (bicyclic) bond motifs is 3. The zero-order valence-electron chi connectivity index (χ0n) is 12.2. The van der Waals surface area contributed by atoms with Crippen molar-refractivity contribution in [2.75, 3.05) is 18.1 Å². The molecule has 0 spiro atoms. The van der Waals surface area contributed by atoms with E-state index >= 15 is 0 Å². The predicted molar refractivity (Wildman–Crippen MR) is 86.1 cm³/mol. The van der Waals surface area contributed by atoms with Crippen molar-refractivity contribution < 1.29 is 5.11 Å². The fourth-order valence-electron chi connectivity index (χ4n) is 3.56. The van der Waals surface area contributed by atoms with Gasteiger partial charge in [0.15, 0.2) is 0 Å². The zero-order valence-corrected chi connectivity index (χ0v) is 13.0. The Bertz CT molecular complexity index is 650. The molecule has 0 radical (unpaired) electrons. The van der Waals surface area contributed by atoms with Gasteiger partial charge in [-0.1, -0.05) is 0 Å². The van der Waals surface area contributed by atoms with Crippen LogP contribution in [0.3, 0.4) is 0 Å². The normalized spacial score (nSPS) is 18.5. The fraction of sp³-hybridized carbons (Fsp3) is 0.625. The molecule has 21 heavy (non-hydrogen) atoms. The van der Waals surface area contributed by atoms with Gasteiger partial charge in [0.1, 0.15) is 17.0 Å². The Kier molecular flexibility index (Phi) is 3.55. The van der Waals surface area contributed by atoms with Crippen molar-refractivity contribution in [3.63, 3.8) is 0 Å². The first-order valence-electron chi connectivity index (χ1n) is 8.01. The lowest BCUT2D eigenvalue weighted by Gasteiger charge is -2.38. The average Bonchev–Trinajstić information content (AvgIpc) is 2.83. The summed E-state index contributed by atoms with van der Waals surface area (Å²) >= 11 is 1.85. The lowest BCUT2D eigenvalue weighted by Crippen LogP contribution is -2.42. The van der Waals surface area contributed by atoms with Crippen molar-refractivity contribution in [3.8, 4) is 0 Å². The van der Waals surface area contributed by atoms with Gasteiger partial charge >= 0.3 is 0 Å². The molecule has 2 aromatic heterocycles. The van der Waals surface area contributed by atoms with Gasteiger partial charge in [0.05, 0.1) is 12.0 Å². The van der Waals surface area contributed by atoms with Gasteiger partial charge in [-0.25, -0.2) is 9.97 Å². The highest BCUT2D eigenvalue weighted by atomic mass is 32.1. The molecule has 0 unspecified atom stereocenters. The Balaban J connectivity index is 1.84. The topological polar surface area (TPSA) is 49.2 Å². The minimum absolute atomic E-state index is 0.189. The van der Waals surface area contributed by atoms with E-state index in [0.29, 0.717) is 12.6 Å². The minimum Gasteiger partial charge on any atom is -0.395 e. The lowest BCUT2D eigenvalue weighted by atomic mass is 9.90. The molecule has 0 saturated heterocycles. The van der Waals surface area contributed by atoms with Crippen LogP contribution in [0.2, 0.25) is 0 Å². The molecule has 112 valence electrons. The van der Waals surface area contributed by atoms with Crippen molar-refractivity contribution in [1.82, 2.24) is 9.97 Å². The minimum atomic E-state index is 0.189. The number of hydrogen-bond acceptors (Lipinski definition) is 5. The van der Waals surface area contributed by atoms with E-state index in [-0.39, 0.29) is 6.61 Å². The van der Waals surface area contributed by atoms with Crippen LogP contribution in [0.5, 0.6) is 0 Å². The molecule has 5 heteroatoms. The molecule has 1 N–H and O–H groups in total. The van der Waals surface area contributed by atoms with E-state index in [2.05, 4.69) is 14.9 Å². The highest BCUT2D eigenvalue weighted by Gasteiger charge is 2.29. The summed E-state index contributed by atoms with van der Waals surface area (Å²) in [5, 5.41) is 10.7. The second-order valence-corrected chi connectivity index (χ2v) is 7.17. The second-order valence-electron chi connectivity index (χ2n) is 6.09. The van der Waals surface area contributed by atoms with Gasteiger partial charge in [0.2, 0.25) is 0 Å². The van der Waals surface area contributed by atoms with Crippen LogP contribution in [0, 0.1) is 0 Å². The van der Waals surface area contributed by atoms with Crippen LogP contribution in [0.4, 0.5) is 5.82 Å². The summed E-state index contributed by atoms with van der Waals surface area (Å²) in [6, 6.07) is 0.550. The molecule has 0 amide bonds. The molecule has 2 aromatic rings. The highest BCUT2D eigenvalue weighted by Crippen LogP contribution is 2.41. The van der Waals surface area contributed by atoms with Gasteiger partial charge in [-0.2, -0.15) is 0 Å². The van der Waals surface area contributed by atoms with E-state index in [4.69, 9.17) is 0 Å². The molecule has 2 heterocycles. The van der Waals surface area contributed by atoms with Crippen molar-refractivity contribution >= 4 is 27.4 Å². The Morgan fingerprint density at radius 3 is 2.81 bits per heavy atom. The molecule has 4 rings (SSSR count). The third-order valence-electron chi connectivity index (χ3n) is 4.86. The highest BCUT2D eigenvalue weighted by molar-refractivity contribution is 7.19. The van der Waals surface area contributed by atoms with E-state index in [1.54, 1.807) is 6.33 Å². The zero-order chi connectivity index (χ0) is 14.2. The Hall–Kier alpha value is -1.20. The molecule has 0 aromatic carbocycles. The molecule has 0 bridgehead atoms. The van der Waals surface area contributed by atoms with Crippen LogP contribution >= 0.6 is 11.3 Å².